The van der Waals surface area contributed by atoms with E-state index >= 15 is 0 Å². The second kappa shape index (κ2) is 5.27. The van der Waals surface area contributed by atoms with Crippen LogP contribution in [0.4, 0.5) is 0 Å². The summed E-state index contributed by atoms with van der Waals surface area (Å²) < 4.78 is 25.3. The number of sulfonamides is 1. The number of rotatable bonds is 5. The van der Waals surface area contributed by atoms with Gasteiger partial charge in [-0.1, -0.05) is 13.8 Å². The zero-order valence-corrected chi connectivity index (χ0v) is 10.3. The normalized spacial score (nSPS) is 23.9. The van der Waals surface area contributed by atoms with Gasteiger partial charge in [0.05, 0.1) is 12.4 Å². The molecule has 1 atom stereocenters. The fourth-order valence-corrected chi connectivity index (χ4v) is 3.90. The number of hydrogen-bond donors (Lipinski definition) is 1. The van der Waals surface area contributed by atoms with Crippen LogP contribution in [-0.4, -0.2) is 42.8 Å². The summed E-state index contributed by atoms with van der Waals surface area (Å²) in [6, 6.07) is -0.179. The summed E-state index contributed by atoms with van der Waals surface area (Å²) in [6.45, 7) is 4.55. The monoisotopic (exact) mass is 235 g/mol. The number of aliphatic hydroxyl groups excluding tert-OH is 1. The van der Waals surface area contributed by atoms with E-state index in [4.69, 9.17) is 5.11 Å². The van der Waals surface area contributed by atoms with E-state index in [1.165, 1.54) is 4.31 Å². The van der Waals surface area contributed by atoms with Gasteiger partial charge in [-0.15, -0.1) is 0 Å². The third-order valence-corrected chi connectivity index (χ3v) is 4.79. The maximum atomic E-state index is 11.9. The standard InChI is InChI=1S/C10H21NO3S/c1-9(2)5-7-15(13,14)11-6-3-4-10(11)8-12/h9-10,12H,3-8H2,1-2H3/t10-/m1/s1. The topological polar surface area (TPSA) is 57.6 Å². The predicted molar refractivity (Wildman–Crippen MR) is 60.1 cm³/mol. The predicted octanol–water partition coefficient (Wildman–Crippen LogP) is 0.819. The third-order valence-electron chi connectivity index (χ3n) is 2.84. The highest BCUT2D eigenvalue weighted by Gasteiger charge is 2.33. The fourth-order valence-electron chi connectivity index (χ4n) is 1.86. The molecule has 1 aliphatic heterocycles. The maximum Gasteiger partial charge on any atom is 0.214 e. The molecule has 0 amide bonds. The van der Waals surface area contributed by atoms with Crippen molar-refractivity contribution in [2.75, 3.05) is 18.9 Å². The fraction of sp³-hybridized carbons (Fsp3) is 1.00. The van der Waals surface area contributed by atoms with Crippen LogP contribution in [-0.2, 0) is 10.0 Å². The lowest BCUT2D eigenvalue weighted by molar-refractivity contribution is 0.213. The van der Waals surface area contributed by atoms with Gasteiger partial charge < -0.3 is 5.11 Å². The molecule has 0 radical (unpaired) electrons. The molecule has 1 fully saturated rings. The molecule has 0 aliphatic carbocycles. The van der Waals surface area contributed by atoms with E-state index in [9.17, 15) is 8.42 Å². The summed E-state index contributed by atoms with van der Waals surface area (Å²) in [4.78, 5) is 0. The highest BCUT2D eigenvalue weighted by Crippen LogP contribution is 2.21. The van der Waals surface area contributed by atoms with E-state index in [0.717, 1.165) is 12.8 Å². The highest BCUT2D eigenvalue weighted by molar-refractivity contribution is 7.89. The van der Waals surface area contributed by atoms with Gasteiger partial charge in [-0.25, -0.2) is 8.42 Å². The van der Waals surface area contributed by atoms with Crippen molar-refractivity contribution in [3.63, 3.8) is 0 Å². The summed E-state index contributed by atoms with van der Waals surface area (Å²) >= 11 is 0. The Balaban J connectivity index is 2.60. The lowest BCUT2D eigenvalue weighted by Crippen LogP contribution is -2.39. The molecule has 4 nitrogen and oxygen atoms in total. The highest BCUT2D eigenvalue weighted by atomic mass is 32.2. The van der Waals surface area contributed by atoms with Gasteiger partial charge in [-0.2, -0.15) is 4.31 Å². The first kappa shape index (κ1) is 12.9. The molecule has 90 valence electrons. The minimum absolute atomic E-state index is 0.0547. The van der Waals surface area contributed by atoms with E-state index in [-0.39, 0.29) is 18.4 Å². The van der Waals surface area contributed by atoms with Gasteiger partial charge in [-0.3, -0.25) is 0 Å². The molecular weight excluding hydrogens is 214 g/mol. The van der Waals surface area contributed by atoms with Crippen molar-refractivity contribution >= 4 is 10.0 Å². The number of hydrogen-bond acceptors (Lipinski definition) is 3. The van der Waals surface area contributed by atoms with Crippen LogP contribution in [0.25, 0.3) is 0 Å². The molecular formula is C10H21NO3S. The van der Waals surface area contributed by atoms with Crippen molar-refractivity contribution in [1.29, 1.82) is 0 Å². The smallest absolute Gasteiger partial charge is 0.214 e. The summed E-state index contributed by atoms with van der Waals surface area (Å²) in [5.41, 5.74) is 0. The van der Waals surface area contributed by atoms with Gasteiger partial charge in [0.25, 0.3) is 0 Å². The molecule has 1 heterocycles. The quantitative estimate of drug-likeness (QED) is 0.767. The largest absolute Gasteiger partial charge is 0.395 e. The zero-order chi connectivity index (χ0) is 11.5. The first-order valence-corrected chi connectivity index (χ1v) is 7.18. The molecule has 0 aromatic carbocycles. The zero-order valence-electron chi connectivity index (χ0n) is 9.52. The Hall–Kier alpha value is -0.130. The Morgan fingerprint density at radius 1 is 1.47 bits per heavy atom. The Morgan fingerprint density at radius 3 is 2.67 bits per heavy atom. The first-order valence-electron chi connectivity index (χ1n) is 5.57. The minimum Gasteiger partial charge on any atom is -0.395 e. The van der Waals surface area contributed by atoms with E-state index in [0.29, 0.717) is 18.9 Å². The molecule has 1 aliphatic rings. The molecule has 0 bridgehead atoms. The average Bonchev–Trinajstić information content (AvgIpc) is 2.63. The molecule has 0 aromatic rings. The third kappa shape index (κ3) is 3.43. The van der Waals surface area contributed by atoms with Gasteiger partial charge in [-0.05, 0) is 25.2 Å². The van der Waals surface area contributed by atoms with Gasteiger partial charge in [0.2, 0.25) is 10.0 Å². The van der Waals surface area contributed by atoms with Crippen molar-refractivity contribution < 1.29 is 13.5 Å². The SMILES string of the molecule is CC(C)CCS(=O)(=O)N1CCC[C@@H]1CO. The van der Waals surface area contributed by atoms with E-state index < -0.39 is 10.0 Å². The van der Waals surface area contributed by atoms with Gasteiger partial charge >= 0.3 is 0 Å². The van der Waals surface area contributed by atoms with Crippen molar-refractivity contribution in [2.45, 2.75) is 39.2 Å². The van der Waals surface area contributed by atoms with Crippen LogP contribution in [0.2, 0.25) is 0 Å². The molecule has 0 saturated carbocycles. The molecule has 0 spiro atoms. The average molecular weight is 235 g/mol. The summed E-state index contributed by atoms with van der Waals surface area (Å²) in [5, 5.41) is 9.07. The maximum absolute atomic E-state index is 11.9. The lowest BCUT2D eigenvalue weighted by atomic mass is 10.2. The van der Waals surface area contributed by atoms with E-state index in [1.54, 1.807) is 0 Å². The minimum atomic E-state index is -3.14. The molecule has 0 unspecified atom stereocenters. The Labute approximate surface area is 92.3 Å². The van der Waals surface area contributed by atoms with Crippen LogP contribution in [0.1, 0.15) is 33.1 Å². The van der Waals surface area contributed by atoms with Gasteiger partial charge in [0.1, 0.15) is 0 Å². The Morgan fingerprint density at radius 2 is 2.13 bits per heavy atom. The van der Waals surface area contributed by atoms with Crippen molar-refractivity contribution in [3.05, 3.63) is 0 Å². The Bertz CT molecular complexity index is 287. The van der Waals surface area contributed by atoms with Gasteiger partial charge in [0, 0.05) is 12.6 Å². The molecule has 0 aromatic heterocycles. The molecule has 15 heavy (non-hydrogen) atoms. The van der Waals surface area contributed by atoms with Crippen LogP contribution in [0.5, 0.6) is 0 Å². The molecule has 5 heteroatoms. The Kier molecular flexibility index (Phi) is 4.55. The van der Waals surface area contributed by atoms with Gasteiger partial charge in [0.15, 0.2) is 0 Å². The van der Waals surface area contributed by atoms with Crippen LogP contribution in [0.3, 0.4) is 0 Å². The van der Waals surface area contributed by atoms with Crippen molar-refractivity contribution in [2.24, 2.45) is 5.92 Å². The van der Waals surface area contributed by atoms with E-state index in [1.807, 2.05) is 13.8 Å². The number of aliphatic hydroxyl groups is 1. The van der Waals surface area contributed by atoms with Crippen molar-refractivity contribution in [1.82, 2.24) is 4.31 Å². The molecule has 1 rings (SSSR count). The second-order valence-electron chi connectivity index (χ2n) is 4.59. The van der Waals surface area contributed by atoms with Crippen molar-refractivity contribution in [3.8, 4) is 0 Å². The summed E-state index contributed by atoms with van der Waals surface area (Å²) in [7, 11) is -3.14. The van der Waals surface area contributed by atoms with Crippen LogP contribution in [0, 0.1) is 5.92 Å². The first-order chi connectivity index (χ1) is 6.97. The van der Waals surface area contributed by atoms with Crippen LogP contribution < -0.4 is 0 Å². The molecule has 1 N–H and O–H groups in total. The summed E-state index contributed by atoms with van der Waals surface area (Å²) in [5.74, 6) is 0.608. The summed E-state index contributed by atoms with van der Waals surface area (Å²) in [6.07, 6.45) is 2.35. The second-order valence-corrected chi connectivity index (χ2v) is 6.63. The van der Waals surface area contributed by atoms with Crippen LogP contribution in [0.15, 0.2) is 0 Å². The molecule has 1 saturated heterocycles. The van der Waals surface area contributed by atoms with E-state index in [2.05, 4.69) is 0 Å². The number of nitrogens with zero attached hydrogens (tertiary/aromatic N) is 1. The lowest BCUT2D eigenvalue weighted by Gasteiger charge is -2.22. The van der Waals surface area contributed by atoms with Crippen LogP contribution >= 0.6 is 0 Å².